The van der Waals surface area contributed by atoms with E-state index < -0.39 is 0 Å². The highest BCUT2D eigenvalue weighted by Crippen LogP contribution is 2.22. The van der Waals surface area contributed by atoms with Gasteiger partial charge in [-0.05, 0) is 61.0 Å². The SMILES string of the molecule is Cc1cccc(C)c1OCC(=O)Nc1ccc(SC#N)cc1. The largest absolute Gasteiger partial charge is 0.483 e. The van der Waals surface area contributed by atoms with E-state index in [1.165, 1.54) is 0 Å². The lowest BCUT2D eigenvalue weighted by atomic mass is 10.1. The molecular weight excluding hydrogens is 296 g/mol. The number of carbonyl (C=O) groups is 1. The number of benzene rings is 2. The highest BCUT2D eigenvalue weighted by molar-refractivity contribution is 8.03. The first kappa shape index (κ1) is 15.9. The summed E-state index contributed by atoms with van der Waals surface area (Å²) in [6, 6.07) is 13.0. The molecule has 0 aliphatic carbocycles. The third-order valence-electron chi connectivity index (χ3n) is 3.06. The lowest BCUT2D eigenvalue weighted by Crippen LogP contribution is -2.20. The van der Waals surface area contributed by atoms with Gasteiger partial charge in [0.2, 0.25) is 0 Å². The molecule has 2 aromatic rings. The Hall–Kier alpha value is -2.45. The van der Waals surface area contributed by atoms with Crippen molar-refractivity contribution < 1.29 is 9.53 Å². The van der Waals surface area contributed by atoms with Gasteiger partial charge in [0, 0.05) is 10.6 Å². The van der Waals surface area contributed by atoms with Gasteiger partial charge in [0.1, 0.15) is 11.2 Å². The zero-order chi connectivity index (χ0) is 15.9. The monoisotopic (exact) mass is 312 g/mol. The standard InChI is InChI=1S/C17H16N2O2S/c1-12-4-3-5-13(2)17(12)21-10-16(20)19-14-6-8-15(9-7-14)22-11-18/h3-9H,10H2,1-2H3,(H,19,20). The normalized spacial score (nSPS) is 9.86. The van der Waals surface area contributed by atoms with Gasteiger partial charge < -0.3 is 10.1 Å². The molecule has 0 fully saturated rings. The van der Waals surface area contributed by atoms with Gasteiger partial charge in [-0.3, -0.25) is 4.79 Å². The average Bonchev–Trinajstić information content (AvgIpc) is 2.49. The lowest BCUT2D eigenvalue weighted by molar-refractivity contribution is -0.118. The third kappa shape index (κ3) is 4.27. The van der Waals surface area contributed by atoms with Crippen LogP contribution in [0.25, 0.3) is 0 Å². The smallest absolute Gasteiger partial charge is 0.262 e. The second-order valence-corrected chi connectivity index (χ2v) is 5.63. The van der Waals surface area contributed by atoms with Crippen LogP contribution in [0.1, 0.15) is 11.1 Å². The van der Waals surface area contributed by atoms with Gasteiger partial charge in [0.15, 0.2) is 6.61 Å². The van der Waals surface area contributed by atoms with Crippen molar-refractivity contribution in [2.75, 3.05) is 11.9 Å². The minimum atomic E-state index is -0.219. The second kappa shape index (κ2) is 7.53. The molecule has 112 valence electrons. The number of anilines is 1. The minimum Gasteiger partial charge on any atom is -0.483 e. The van der Waals surface area contributed by atoms with E-state index in [0.717, 1.165) is 33.5 Å². The fraction of sp³-hybridized carbons (Fsp3) is 0.176. The Morgan fingerprint density at radius 1 is 1.18 bits per heavy atom. The van der Waals surface area contributed by atoms with Crippen LogP contribution >= 0.6 is 11.8 Å². The molecule has 0 heterocycles. The van der Waals surface area contributed by atoms with Gasteiger partial charge in [-0.25, -0.2) is 0 Å². The quantitative estimate of drug-likeness (QED) is 0.672. The van der Waals surface area contributed by atoms with Crippen molar-refractivity contribution in [3.63, 3.8) is 0 Å². The molecular formula is C17H16N2O2S. The summed E-state index contributed by atoms with van der Waals surface area (Å²) in [5.74, 6) is 0.529. The van der Waals surface area contributed by atoms with Crippen molar-refractivity contribution in [1.82, 2.24) is 0 Å². The Kier molecular flexibility index (Phi) is 5.45. The first-order valence-corrected chi connectivity index (χ1v) is 7.56. The van der Waals surface area contributed by atoms with Crippen molar-refractivity contribution >= 4 is 23.4 Å². The summed E-state index contributed by atoms with van der Waals surface area (Å²) in [7, 11) is 0. The summed E-state index contributed by atoms with van der Waals surface area (Å²) < 4.78 is 5.60. The number of para-hydroxylation sites is 1. The number of ether oxygens (including phenoxy) is 1. The third-order valence-corrected chi connectivity index (χ3v) is 3.66. The molecule has 0 spiro atoms. The summed E-state index contributed by atoms with van der Waals surface area (Å²) in [5.41, 5.74) is 2.69. The molecule has 0 saturated carbocycles. The van der Waals surface area contributed by atoms with E-state index in [9.17, 15) is 4.79 Å². The number of carbonyl (C=O) groups excluding carboxylic acids is 1. The van der Waals surface area contributed by atoms with Crippen LogP contribution in [0.5, 0.6) is 5.75 Å². The second-order valence-electron chi connectivity index (χ2n) is 4.78. The number of nitrogens with one attached hydrogen (secondary N) is 1. The molecule has 0 aliphatic heterocycles. The van der Waals surface area contributed by atoms with Gasteiger partial charge in [0.05, 0.1) is 0 Å². The summed E-state index contributed by atoms with van der Waals surface area (Å²) in [6.07, 6.45) is 0. The Bertz CT molecular complexity index is 685. The van der Waals surface area contributed by atoms with E-state index in [1.807, 2.05) is 37.4 Å². The number of hydrogen-bond donors (Lipinski definition) is 1. The first-order valence-electron chi connectivity index (χ1n) is 6.75. The molecule has 2 rings (SSSR count). The Labute approximate surface area is 134 Å². The summed E-state index contributed by atoms with van der Waals surface area (Å²) in [4.78, 5) is 12.8. The van der Waals surface area contributed by atoms with E-state index in [-0.39, 0.29) is 12.5 Å². The number of nitrogens with zero attached hydrogens (tertiary/aromatic N) is 1. The molecule has 0 aromatic heterocycles. The molecule has 22 heavy (non-hydrogen) atoms. The highest BCUT2D eigenvalue weighted by Gasteiger charge is 2.07. The number of aryl methyl sites for hydroxylation is 2. The molecule has 0 saturated heterocycles. The van der Waals surface area contributed by atoms with Crippen molar-refractivity contribution in [3.8, 4) is 11.2 Å². The van der Waals surface area contributed by atoms with Gasteiger partial charge in [-0.2, -0.15) is 5.26 Å². The number of hydrogen-bond acceptors (Lipinski definition) is 4. The Morgan fingerprint density at radius 3 is 2.41 bits per heavy atom. The lowest BCUT2D eigenvalue weighted by Gasteiger charge is -2.12. The predicted molar refractivity (Wildman–Crippen MR) is 88.0 cm³/mol. The van der Waals surface area contributed by atoms with Crippen molar-refractivity contribution in [3.05, 3.63) is 53.6 Å². The fourth-order valence-corrected chi connectivity index (χ4v) is 2.40. The topological polar surface area (TPSA) is 62.1 Å². The molecule has 5 heteroatoms. The average molecular weight is 312 g/mol. The van der Waals surface area contributed by atoms with E-state index in [2.05, 4.69) is 5.32 Å². The van der Waals surface area contributed by atoms with E-state index in [0.29, 0.717) is 5.69 Å². The fourth-order valence-electron chi connectivity index (χ4n) is 2.02. The molecule has 0 aliphatic rings. The zero-order valence-corrected chi connectivity index (χ0v) is 13.2. The summed E-state index contributed by atoms with van der Waals surface area (Å²) >= 11 is 1.08. The predicted octanol–water partition coefficient (Wildman–Crippen LogP) is 3.89. The number of amides is 1. The van der Waals surface area contributed by atoms with E-state index in [1.54, 1.807) is 24.3 Å². The molecule has 1 N–H and O–H groups in total. The van der Waals surface area contributed by atoms with E-state index >= 15 is 0 Å². The maximum atomic E-state index is 11.9. The van der Waals surface area contributed by atoms with Crippen LogP contribution in [0.2, 0.25) is 0 Å². The van der Waals surface area contributed by atoms with Crippen LogP contribution in [0.15, 0.2) is 47.4 Å². The number of thioether (sulfide) groups is 1. The Balaban J connectivity index is 1.92. The molecule has 0 atom stereocenters. The van der Waals surface area contributed by atoms with Gasteiger partial charge in [0.25, 0.3) is 5.91 Å². The highest BCUT2D eigenvalue weighted by atomic mass is 32.2. The van der Waals surface area contributed by atoms with Gasteiger partial charge >= 0.3 is 0 Å². The Morgan fingerprint density at radius 2 is 1.82 bits per heavy atom. The molecule has 1 amide bonds. The number of rotatable bonds is 5. The molecule has 0 unspecified atom stereocenters. The molecule has 0 radical (unpaired) electrons. The van der Waals surface area contributed by atoms with Gasteiger partial charge in [-0.15, -0.1) is 0 Å². The van der Waals surface area contributed by atoms with Crippen LogP contribution < -0.4 is 10.1 Å². The van der Waals surface area contributed by atoms with Crippen LogP contribution in [-0.4, -0.2) is 12.5 Å². The van der Waals surface area contributed by atoms with Gasteiger partial charge in [-0.1, -0.05) is 18.2 Å². The summed E-state index contributed by atoms with van der Waals surface area (Å²) in [6.45, 7) is 3.86. The first-order chi connectivity index (χ1) is 10.6. The number of nitriles is 1. The summed E-state index contributed by atoms with van der Waals surface area (Å²) in [5, 5.41) is 13.4. The van der Waals surface area contributed by atoms with Crippen LogP contribution in [-0.2, 0) is 4.79 Å². The zero-order valence-electron chi connectivity index (χ0n) is 12.4. The number of thiocyanates is 1. The molecule has 2 aromatic carbocycles. The van der Waals surface area contributed by atoms with Crippen LogP contribution in [0, 0.1) is 24.5 Å². The van der Waals surface area contributed by atoms with Crippen molar-refractivity contribution in [2.24, 2.45) is 0 Å². The van der Waals surface area contributed by atoms with Crippen molar-refractivity contribution in [2.45, 2.75) is 18.7 Å². The van der Waals surface area contributed by atoms with Crippen LogP contribution in [0.4, 0.5) is 5.69 Å². The van der Waals surface area contributed by atoms with E-state index in [4.69, 9.17) is 10.00 Å². The maximum Gasteiger partial charge on any atom is 0.262 e. The maximum absolute atomic E-state index is 11.9. The van der Waals surface area contributed by atoms with Crippen LogP contribution in [0.3, 0.4) is 0 Å². The van der Waals surface area contributed by atoms with Crippen molar-refractivity contribution in [1.29, 1.82) is 5.26 Å². The molecule has 0 bridgehead atoms. The molecule has 4 nitrogen and oxygen atoms in total. The minimum absolute atomic E-state index is 0.0413.